The van der Waals surface area contributed by atoms with Crippen LogP contribution in [-0.4, -0.2) is 32.6 Å². The highest BCUT2D eigenvalue weighted by Gasteiger charge is 2.25. The molecule has 1 aromatic carbocycles. The van der Waals surface area contributed by atoms with E-state index in [1.807, 2.05) is 19.1 Å². The van der Waals surface area contributed by atoms with Crippen molar-refractivity contribution in [2.45, 2.75) is 13.3 Å². The molecule has 1 aliphatic heterocycles. The minimum atomic E-state index is 0.109. The van der Waals surface area contributed by atoms with Gasteiger partial charge in [0.25, 0.3) is 0 Å². The van der Waals surface area contributed by atoms with Crippen LogP contribution >= 0.6 is 11.6 Å². The van der Waals surface area contributed by atoms with Crippen LogP contribution < -0.4 is 15.5 Å². The van der Waals surface area contributed by atoms with Gasteiger partial charge in [-0.3, -0.25) is 4.79 Å². The molecule has 1 amide bonds. The van der Waals surface area contributed by atoms with E-state index in [-0.39, 0.29) is 5.91 Å². The lowest BCUT2D eigenvalue weighted by Gasteiger charge is -2.27. The zero-order valence-electron chi connectivity index (χ0n) is 10.7. The topological polar surface area (TPSA) is 49.6 Å². The molecule has 0 bridgehead atoms. The van der Waals surface area contributed by atoms with Crippen LogP contribution in [0.5, 0.6) is 0 Å². The molecule has 0 fully saturated rings. The van der Waals surface area contributed by atoms with Crippen LogP contribution in [0.3, 0.4) is 0 Å². The Hall–Kier alpha value is -1.26. The number of nitrogens with zero attached hydrogens (tertiary/aromatic N) is 2. The maximum absolute atomic E-state index is 12.0. The summed E-state index contributed by atoms with van der Waals surface area (Å²) < 4.78 is 0. The first-order valence-corrected chi connectivity index (χ1v) is 6.44. The van der Waals surface area contributed by atoms with Crippen molar-refractivity contribution in [1.82, 2.24) is 0 Å². The molecule has 0 aromatic heterocycles. The van der Waals surface area contributed by atoms with E-state index in [1.165, 1.54) is 0 Å². The van der Waals surface area contributed by atoms with Gasteiger partial charge in [-0.05, 0) is 24.6 Å². The third-order valence-electron chi connectivity index (χ3n) is 3.29. The average Bonchev–Trinajstić information content (AvgIpc) is 2.42. The summed E-state index contributed by atoms with van der Waals surface area (Å²) in [6, 6.07) is 3.77. The highest BCUT2D eigenvalue weighted by Crippen LogP contribution is 2.37. The van der Waals surface area contributed by atoms with Gasteiger partial charge < -0.3 is 15.5 Å². The van der Waals surface area contributed by atoms with Crippen LogP contribution in [0.2, 0.25) is 5.02 Å². The first-order chi connectivity index (χ1) is 8.54. The highest BCUT2D eigenvalue weighted by molar-refractivity contribution is 6.31. The Morgan fingerprint density at radius 3 is 2.83 bits per heavy atom. The third kappa shape index (κ3) is 2.31. The predicted octanol–water partition coefficient (Wildman–Crippen LogP) is 1.78. The molecule has 0 spiro atoms. The molecule has 5 heteroatoms. The summed E-state index contributed by atoms with van der Waals surface area (Å²) in [4.78, 5) is 15.8. The lowest BCUT2D eigenvalue weighted by molar-refractivity contribution is -0.118. The Morgan fingerprint density at radius 1 is 1.44 bits per heavy atom. The smallest absolute Gasteiger partial charge is 0.228 e. The lowest BCUT2D eigenvalue weighted by Crippen LogP contribution is -2.30. The van der Waals surface area contributed by atoms with E-state index in [2.05, 4.69) is 4.90 Å². The van der Waals surface area contributed by atoms with Gasteiger partial charge in [-0.2, -0.15) is 0 Å². The summed E-state index contributed by atoms with van der Waals surface area (Å²) in [5.74, 6) is 0.109. The van der Waals surface area contributed by atoms with E-state index in [0.717, 1.165) is 23.5 Å². The van der Waals surface area contributed by atoms with Gasteiger partial charge in [-0.15, -0.1) is 0 Å². The van der Waals surface area contributed by atoms with Crippen LogP contribution in [-0.2, 0) is 4.79 Å². The molecule has 0 aliphatic carbocycles. The van der Waals surface area contributed by atoms with Gasteiger partial charge in [0, 0.05) is 38.1 Å². The van der Waals surface area contributed by atoms with E-state index in [4.69, 9.17) is 17.3 Å². The molecule has 1 heterocycles. The number of aryl methyl sites for hydroxylation is 1. The van der Waals surface area contributed by atoms with Crippen molar-refractivity contribution >= 4 is 28.9 Å². The van der Waals surface area contributed by atoms with Gasteiger partial charge in [-0.25, -0.2) is 0 Å². The lowest BCUT2D eigenvalue weighted by atomic mass is 10.1. The summed E-state index contributed by atoms with van der Waals surface area (Å²) in [6.07, 6.45) is 0.502. The number of nitrogens with two attached hydrogens (primary N) is 1. The Bertz CT molecular complexity index is 476. The molecule has 0 unspecified atom stereocenters. The Morgan fingerprint density at radius 2 is 2.17 bits per heavy atom. The fourth-order valence-corrected chi connectivity index (χ4v) is 2.68. The van der Waals surface area contributed by atoms with E-state index in [1.54, 1.807) is 11.9 Å². The number of rotatable bonds is 2. The van der Waals surface area contributed by atoms with E-state index >= 15 is 0 Å². The quantitative estimate of drug-likeness (QED) is 0.889. The second-order valence-corrected chi connectivity index (χ2v) is 5.01. The van der Waals surface area contributed by atoms with Gasteiger partial charge in [0.2, 0.25) is 5.91 Å². The number of fused-ring (bicyclic) bond motifs is 1. The summed E-state index contributed by atoms with van der Waals surface area (Å²) in [5.41, 5.74) is 8.67. The van der Waals surface area contributed by atoms with Crippen molar-refractivity contribution in [3.8, 4) is 0 Å². The number of anilines is 2. The molecule has 2 N–H and O–H groups in total. The summed E-state index contributed by atoms with van der Waals surface area (Å²) in [7, 11) is 1.79. The minimum absolute atomic E-state index is 0.109. The van der Waals surface area contributed by atoms with E-state index < -0.39 is 0 Å². The first-order valence-electron chi connectivity index (χ1n) is 6.06. The molecule has 98 valence electrons. The van der Waals surface area contributed by atoms with Gasteiger partial charge in [0.15, 0.2) is 0 Å². The number of hydrogen-bond acceptors (Lipinski definition) is 3. The third-order valence-corrected chi connectivity index (χ3v) is 3.51. The number of carbonyl (C=O) groups excluding carboxylic acids is 1. The largest absolute Gasteiger partial charge is 0.368 e. The van der Waals surface area contributed by atoms with Gasteiger partial charge in [0.1, 0.15) is 0 Å². The minimum Gasteiger partial charge on any atom is -0.368 e. The van der Waals surface area contributed by atoms with E-state index in [9.17, 15) is 4.79 Å². The fraction of sp³-hybridized carbons (Fsp3) is 0.462. The monoisotopic (exact) mass is 267 g/mol. The van der Waals surface area contributed by atoms with Crippen molar-refractivity contribution < 1.29 is 4.79 Å². The number of amides is 1. The molecule has 0 saturated carbocycles. The SMILES string of the molecule is Cc1cc(Cl)cc2c1N(CCN)CCC(=O)N2C. The Labute approximate surface area is 112 Å². The number of hydrogen-bond donors (Lipinski definition) is 1. The normalized spacial score (nSPS) is 15.7. The highest BCUT2D eigenvalue weighted by atomic mass is 35.5. The molecule has 1 aromatic rings. The van der Waals surface area contributed by atoms with Gasteiger partial charge in [-0.1, -0.05) is 11.6 Å². The maximum atomic E-state index is 12.0. The molecule has 0 atom stereocenters. The zero-order chi connectivity index (χ0) is 13.3. The average molecular weight is 268 g/mol. The Kier molecular flexibility index (Phi) is 3.78. The number of halogens is 1. The van der Waals surface area contributed by atoms with Crippen molar-refractivity contribution in [2.75, 3.05) is 36.5 Å². The summed E-state index contributed by atoms with van der Waals surface area (Å²) in [5, 5.41) is 0.653. The molecule has 0 saturated heterocycles. The summed E-state index contributed by atoms with van der Waals surface area (Å²) in [6.45, 7) is 4.03. The maximum Gasteiger partial charge on any atom is 0.228 e. The molecule has 2 rings (SSSR count). The second kappa shape index (κ2) is 5.16. The van der Waals surface area contributed by atoms with Gasteiger partial charge in [0.05, 0.1) is 11.4 Å². The molecular formula is C13H18ClN3O. The summed E-state index contributed by atoms with van der Waals surface area (Å²) >= 11 is 6.09. The Balaban J connectivity index is 2.57. The van der Waals surface area contributed by atoms with E-state index in [0.29, 0.717) is 24.5 Å². The van der Waals surface area contributed by atoms with Crippen LogP contribution in [0.4, 0.5) is 11.4 Å². The fourth-order valence-electron chi connectivity index (χ4n) is 2.41. The van der Waals surface area contributed by atoms with Gasteiger partial charge >= 0.3 is 0 Å². The predicted molar refractivity (Wildman–Crippen MR) is 75.5 cm³/mol. The first kappa shape index (κ1) is 13.2. The molecule has 0 radical (unpaired) electrons. The van der Waals surface area contributed by atoms with Crippen molar-refractivity contribution in [1.29, 1.82) is 0 Å². The zero-order valence-corrected chi connectivity index (χ0v) is 11.5. The standard InChI is InChI=1S/C13H18ClN3O/c1-9-7-10(14)8-11-13(9)17(6-4-15)5-3-12(18)16(11)2/h7-8H,3-6,15H2,1-2H3. The molecular weight excluding hydrogens is 250 g/mol. The molecule has 18 heavy (non-hydrogen) atoms. The van der Waals surface area contributed by atoms with Crippen LogP contribution in [0.15, 0.2) is 12.1 Å². The van der Waals surface area contributed by atoms with Crippen molar-refractivity contribution in [3.05, 3.63) is 22.7 Å². The van der Waals surface area contributed by atoms with Crippen LogP contribution in [0, 0.1) is 6.92 Å². The van der Waals surface area contributed by atoms with Crippen molar-refractivity contribution in [3.63, 3.8) is 0 Å². The molecule has 4 nitrogen and oxygen atoms in total. The van der Waals surface area contributed by atoms with Crippen LogP contribution in [0.1, 0.15) is 12.0 Å². The molecule has 1 aliphatic rings. The van der Waals surface area contributed by atoms with Crippen molar-refractivity contribution in [2.24, 2.45) is 5.73 Å². The number of benzene rings is 1. The number of carbonyl (C=O) groups is 1. The second-order valence-electron chi connectivity index (χ2n) is 4.57. The van der Waals surface area contributed by atoms with Crippen LogP contribution in [0.25, 0.3) is 0 Å².